The van der Waals surface area contributed by atoms with Gasteiger partial charge in [0.1, 0.15) is 5.41 Å². The summed E-state index contributed by atoms with van der Waals surface area (Å²) in [6.45, 7) is 5.54. The van der Waals surface area contributed by atoms with Crippen LogP contribution in [-0.2, 0) is 16.0 Å². The summed E-state index contributed by atoms with van der Waals surface area (Å²) in [5.41, 5.74) is 0.197. The predicted octanol–water partition coefficient (Wildman–Crippen LogP) is 1.99. The summed E-state index contributed by atoms with van der Waals surface area (Å²) in [5, 5.41) is 2.89. The van der Waals surface area contributed by atoms with Crippen molar-refractivity contribution in [1.29, 1.82) is 0 Å². The third-order valence-electron chi connectivity index (χ3n) is 4.04. The fourth-order valence-corrected chi connectivity index (χ4v) is 2.60. The minimum Gasteiger partial charge on any atom is -0.355 e. The van der Waals surface area contributed by atoms with Gasteiger partial charge in [0.15, 0.2) is 0 Å². The summed E-state index contributed by atoms with van der Waals surface area (Å²) >= 11 is 0. The van der Waals surface area contributed by atoms with Gasteiger partial charge in [0, 0.05) is 19.6 Å². The van der Waals surface area contributed by atoms with Crippen LogP contribution < -0.4 is 5.32 Å². The van der Waals surface area contributed by atoms with E-state index in [-0.39, 0.29) is 11.8 Å². The number of carbonyl (C=O) groups excluding carboxylic acids is 2. The van der Waals surface area contributed by atoms with Crippen LogP contribution in [0.25, 0.3) is 0 Å². The van der Waals surface area contributed by atoms with Gasteiger partial charge in [-0.15, -0.1) is 0 Å². The predicted molar refractivity (Wildman–Crippen MR) is 82.8 cm³/mol. The molecular formula is C17H24N2O2. The molecule has 114 valence electrons. The van der Waals surface area contributed by atoms with Crippen molar-refractivity contribution in [3.8, 4) is 0 Å². The summed E-state index contributed by atoms with van der Waals surface area (Å²) in [6.07, 6.45) is 2.86. The average Bonchev–Trinajstić information content (AvgIpc) is 3.01. The molecule has 0 aromatic heterocycles. The lowest BCUT2D eigenvalue weighted by Gasteiger charge is -2.28. The number of hydrogen-bond acceptors (Lipinski definition) is 2. The highest BCUT2D eigenvalue weighted by Gasteiger charge is 2.39. The van der Waals surface area contributed by atoms with Crippen molar-refractivity contribution in [2.75, 3.05) is 19.6 Å². The van der Waals surface area contributed by atoms with E-state index in [1.165, 1.54) is 5.56 Å². The molecule has 2 rings (SSSR count). The lowest BCUT2D eigenvalue weighted by molar-refractivity contribution is -0.147. The van der Waals surface area contributed by atoms with Crippen LogP contribution in [0, 0.1) is 5.41 Å². The van der Waals surface area contributed by atoms with E-state index in [0.29, 0.717) is 6.54 Å². The molecule has 1 aromatic carbocycles. The van der Waals surface area contributed by atoms with Crippen LogP contribution in [0.5, 0.6) is 0 Å². The van der Waals surface area contributed by atoms with E-state index in [2.05, 4.69) is 5.32 Å². The molecular weight excluding hydrogens is 264 g/mol. The van der Waals surface area contributed by atoms with Gasteiger partial charge in [0.2, 0.25) is 11.8 Å². The van der Waals surface area contributed by atoms with Crippen LogP contribution in [0.3, 0.4) is 0 Å². The van der Waals surface area contributed by atoms with Crippen LogP contribution >= 0.6 is 0 Å². The van der Waals surface area contributed by atoms with E-state index in [9.17, 15) is 9.59 Å². The van der Waals surface area contributed by atoms with Gasteiger partial charge >= 0.3 is 0 Å². The minimum atomic E-state index is -0.985. The zero-order chi connectivity index (χ0) is 15.3. The molecule has 0 atom stereocenters. The van der Waals surface area contributed by atoms with Crippen LogP contribution in [0.15, 0.2) is 30.3 Å². The molecule has 1 aromatic rings. The first kappa shape index (κ1) is 15.5. The maximum atomic E-state index is 12.4. The quantitative estimate of drug-likeness (QED) is 0.842. The number of benzene rings is 1. The Morgan fingerprint density at radius 1 is 1.14 bits per heavy atom. The van der Waals surface area contributed by atoms with Crippen molar-refractivity contribution in [2.45, 2.75) is 33.1 Å². The highest BCUT2D eigenvalue weighted by atomic mass is 16.2. The molecule has 0 aliphatic carbocycles. The van der Waals surface area contributed by atoms with Crippen molar-refractivity contribution in [2.24, 2.45) is 5.41 Å². The first-order valence-corrected chi connectivity index (χ1v) is 7.63. The number of rotatable bonds is 5. The van der Waals surface area contributed by atoms with E-state index < -0.39 is 5.41 Å². The molecule has 0 saturated carbocycles. The molecule has 1 N–H and O–H groups in total. The van der Waals surface area contributed by atoms with Gasteiger partial charge in [-0.3, -0.25) is 9.59 Å². The van der Waals surface area contributed by atoms with Gasteiger partial charge in [-0.25, -0.2) is 0 Å². The van der Waals surface area contributed by atoms with Gasteiger partial charge < -0.3 is 10.2 Å². The van der Waals surface area contributed by atoms with Crippen LogP contribution in [0.1, 0.15) is 32.3 Å². The standard InChI is InChI=1S/C17H24N2O2/c1-17(2,16(21)19-12-6-7-13-19)15(20)18-11-10-14-8-4-3-5-9-14/h3-5,8-9H,6-7,10-13H2,1-2H3,(H,18,20). The highest BCUT2D eigenvalue weighted by molar-refractivity contribution is 6.04. The Hall–Kier alpha value is -1.84. The third-order valence-corrected chi connectivity index (χ3v) is 4.04. The number of carbonyl (C=O) groups is 2. The average molecular weight is 288 g/mol. The Morgan fingerprint density at radius 2 is 1.76 bits per heavy atom. The molecule has 1 fully saturated rings. The monoisotopic (exact) mass is 288 g/mol. The van der Waals surface area contributed by atoms with Crippen LogP contribution in [0.2, 0.25) is 0 Å². The molecule has 1 saturated heterocycles. The summed E-state index contributed by atoms with van der Waals surface area (Å²) in [6, 6.07) is 10.0. The normalized spacial score (nSPS) is 15.0. The summed E-state index contributed by atoms with van der Waals surface area (Å²) < 4.78 is 0. The smallest absolute Gasteiger partial charge is 0.237 e. The number of nitrogens with zero attached hydrogens (tertiary/aromatic N) is 1. The van der Waals surface area contributed by atoms with E-state index in [1.54, 1.807) is 18.7 Å². The van der Waals surface area contributed by atoms with Crippen molar-refractivity contribution < 1.29 is 9.59 Å². The number of hydrogen-bond donors (Lipinski definition) is 1. The lowest BCUT2D eigenvalue weighted by Crippen LogP contribution is -2.49. The van der Waals surface area contributed by atoms with Crippen molar-refractivity contribution in [3.05, 3.63) is 35.9 Å². The molecule has 4 nitrogen and oxygen atoms in total. The number of amides is 2. The maximum Gasteiger partial charge on any atom is 0.237 e. The summed E-state index contributed by atoms with van der Waals surface area (Å²) in [7, 11) is 0. The SMILES string of the molecule is CC(C)(C(=O)NCCc1ccccc1)C(=O)N1CCCC1. The second kappa shape index (κ2) is 6.74. The topological polar surface area (TPSA) is 49.4 Å². The Morgan fingerprint density at radius 3 is 2.38 bits per heavy atom. The Bertz CT molecular complexity index is 491. The van der Waals surface area contributed by atoms with Gasteiger partial charge in [-0.2, -0.15) is 0 Å². The number of likely N-dealkylation sites (tertiary alicyclic amines) is 1. The van der Waals surface area contributed by atoms with Gasteiger partial charge in [0.25, 0.3) is 0 Å². The largest absolute Gasteiger partial charge is 0.355 e. The fraction of sp³-hybridized carbons (Fsp3) is 0.529. The molecule has 1 heterocycles. The fourth-order valence-electron chi connectivity index (χ4n) is 2.60. The molecule has 4 heteroatoms. The minimum absolute atomic E-state index is 0.0581. The van der Waals surface area contributed by atoms with Gasteiger partial charge in [-0.05, 0) is 38.7 Å². The lowest BCUT2D eigenvalue weighted by atomic mass is 9.90. The van der Waals surface area contributed by atoms with E-state index in [0.717, 1.165) is 32.4 Å². The third kappa shape index (κ3) is 3.84. The summed E-state index contributed by atoms with van der Waals surface area (Å²) in [5.74, 6) is -0.243. The highest BCUT2D eigenvalue weighted by Crippen LogP contribution is 2.22. The Labute approximate surface area is 126 Å². The van der Waals surface area contributed by atoms with E-state index in [1.807, 2.05) is 30.3 Å². The van der Waals surface area contributed by atoms with Crippen molar-refractivity contribution in [3.63, 3.8) is 0 Å². The maximum absolute atomic E-state index is 12.4. The molecule has 1 aliphatic rings. The molecule has 2 amide bonds. The van der Waals surface area contributed by atoms with Crippen molar-refractivity contribution >= 4 is 11.8 Å². The van der Waals surface area contributed by atoms with Crippen LogP contribution in [0.4, 0.5) is 0 Å². The molecule has 0 unspecified atom stereocenters. The van der Waals surface area contributed by atoms with Crippen molar-refractivity contribution in [1.82, 2.24) is 10.2 Å². The molecule has 0 radical (unpaired) electrons. The van der Waals surface area contributed by atoms with Gasteiger partial charge in [-0.1, -0.05) is 30.3 Å². The Kier molecular flexibility index (Phi) is 4.99. The Balaban J connectivity index is 1.85. The zero-order valence-corrected chi connectivity index (χ0v) is 12.9. The summed E-state index contributed by atoms with van der Waals surface area (Å²) in [4.78, 5) is 26.5. The molecule has 1 aliphatic heterocycles. The second-order valence-electron chi connectivity index (χ2n) is 6.12. The molecule has 0 spiro atoms. The van der Waals surface area contributed by atoms with Crippen LogP contribution in [-0.4, -0.2) is 36.3 Å². The van der Waals surface area contributed by atoms with E-state index in [4.69, 9.17) is 0 Å². The number of nitrogens with one attached hydrogen (secondary N) is 1. The zero-order valence-electron chi connectivity index (χ0n) is 12.9. The first-order valence-electron chi connectivity index (χ1n) is 7.63. The van der Waals surface area contributed by atoms with E-state index >= 15 is 0 Å². The first-order chi connectivity index (χ1) is 10.0. The second-order valence-corrected chi connectivity index (χ2v) is 6.12. The molecule has 0 bridgehead atoms. The van der Waals surface area contributed by atoms with Gasteiger partial charge in [0.05, 0.1) is 0 Å². The molecule has 21 heavy (non-hydrogen) atoms.